The largest absolute Gasteiger partial charge is 0.465 e. The second-order valence-electron chi connectivity index (χ2n) is 5.40. The number of aromatic nitrogens is 4. The van der Waals surface area contributed by atoms with E-state index in [0.29, 0.717) is 11.3 Å². The van der Waals surface area contributed by atoms with Crippen LogP contribution in [0.2, 0.25) is 0 Å². The van der Waals surface area contributed by atoms with Crippen LogP contribution in [0, 0.1) is 0 Å². The SMILES string of the molecule is COC(=O)c1coc(-c2ccn3ncc(-c4cnn(C)c4)c3c2)c1. The fraction of sp³-hybridized carbons (Fsp3) is 0.118. The lowest BCUT2D eigenvalue weighted by Gasteiger charge is -2.00. The van der Waals surface area contributed by atoms with Crippen molar-refractivity contribution in [3.8, 4) is 22.5 Å². The first kappa shape index (κ1) is 14.3. The molecule has 24 heavy (non-hydrogen) atoms. The number of nitrogens with zero attached hydrogens (tertiary/aromatic N) is 4. The minimum Gasteiger partial charge on any atom is -0.465 e. The molecule has 4 heterocycles. The van der Waals surface area contributed by atoms with Gasteiger partial charge in [0.15, 0.2) is 0 Å². The first-order valence-corrected chi connectivity index (χ1v) is 7.29. The van der Waals surface area contributed by atoms with Crippen molar-refractivity contribution in [3.05, 3.63) is 54.8 Å². The average molecular weight is 322 g/mol. The van der Waals surface area contributed by atoms with E-state index in [1.165, 1.54) is 13.4 Å². The molecule has 0 amide bonds. The molecule has 0 aliphatic rings. The maximum Gasteiger partial charge on any atom is 0.341 e. The van der Waals surface area contributed by atoms with Gasteiger partial charge in [-0.2, -0.15) is 10.2 Å². The van der Waals surface area contributed by atoms with Crippen molar-refractivity contribution in [2.75, 3.05) is 7.11 Å². The number of carbonyl (C=O) groups is 1. The van der Waals surface area contributed by atoms with Crippen molar-refractivity contribution < 1.29 is 13.9 Å². The van der Waals surface area contributed by atoms with Gasteiger partial charge >= 0.3 is 5.97 Å². The van der Waals surface area contributed by atoms with Gasteiger partial charge in [-0.05, 0) is 18.2 Å². The third kappa shape index (κ3) is 2.26. The summed E-state index contributed by atoms with van der Waals surface area (Å²) in [5.41, 5.74) is 4.12. The zero-order valence-corrected chi connectivity index (χ0v) is 13.1. The highest BCUT2D eigenvalue weighted by molar-refractivity contribution is 5.90. The van der Waals surface area contributed by atoms with Crippen molar-refractivity contribution in [1.29, 1.82) is 0 Å². The molecule has 0 bridgehead atoms. The third-order valence-electron chi connectivity index (χ3n) is 3.84. The Morgan fingerprint density at radius 1 is 1.21 bits per heavy atom. The molecular formula is C17H14N4O3. The van der Waals surface area contributed by atoms with Crippen LogP contribution in [0.5, 0.6) is 0 Å². The Morgan fingerprint density at radius 3 is 2.83 bits per heavy atom. The first-order valence-electron chi connectivity index (χ1n) is 7.29. The van der Waals surface area contributed by atoms with Gasteiger partial charge in [0.05, 0.1) is 30.6 Å². The zero-order chi connectivity index (χ0) is 16.7. The Bertz CT molecular complexity index is 1040. The number of fused-ring (bicyclic) bond motifs is 1. The van der Waals surface area contributed by atoms with Crippen molar-refractivity contribution in [3.63, 3.8) is 0 Å². The summed E-state index contributed by atoms with van der Waals surface area (Å²) in [7, 11) is 3.21. The quantitative estimate of drug-likeness (QED) is 0.542. The van der Waals surface area contributed by atoms with Gasteiger partial charge in [0, 0.05) is 36.1 Å². The van der Waals surface area contributed by atoms with Gasteiger partial charge in [0.1, 0.15) is 12.0 Å². The number of esters is 1. The Kier molecular flexibility index (Phi) is 3.19. The lowest BCUT2D eigenvalue weighted by Crippen LogP contribution is -1.98. The van der Waals surface area contributed by atoms with E-state index in [4.69, 9.17) is 9.15 Å². The molecule has 0 unspecified atom stereocenters. The minimum atomic E-state index is -0.425. The zero-order valence-electron chi connectivity index (χ0n) is 13.1. The molecule has 4 rings (SSSR count). The maximum atomic E-state index is 11.6. The molecule has 0 atom stereocenters. The lowest BCUT2D eigenvalue weighted by atomic mass is 10.1. The van der Waals surface area contributed by atoms with Gasteiger partial charge in [0.25, 0.3) is 0 Å². The standard InChI is InChI=1S/C17H14N4O3/c1-20-9-13(7-18-20)14-8-19-21-4-3-11(5-15(14)21)16-6-12(10-24-16)17(22)23-2/h3-10H,1-2H3. The topological polar surface area (TPSA) is 74.6 Å². The molecule has 7 nitrogen and oxygen atoms in total. The fourth-order valence-electron chi connectivity index (χ4n) is 2.63. The molecule has 0 N–H and O–H groups in total. The molecule has 0 spiro atoms. The number of hydrogen-bond donors (Lipinski definition) is 0. The highest BCUT2D eigenvalue weighted by Crippen LogP contribution is 2.29. The Morgan fingerprint density at radius 2 is 2.08 bits per heavy atom. The van der Waals surface area contributed by atoms with Gasteiger partial charge in [-0.15, -0.1) is 0 Å². The van der Waals surface area contributed by atoms with Crippen LogP contribution < -0.4 is 0 Å². The molecule has 120 valence electrons. The van der Waals surface area contributed by atoms with Crippen molar-refractivity contribution >= 4 is 11.5 Å². The van der Waals surface area contributed by atoms with Crippen LogP contribution in [0.15, 0.2) is 53.7 Å². The molecular weight excluding hydrogens is 308 g/mol. The van der Waals surface area contributed by atoms with Crippen LogP contribution in [0.3, 0.4) is 0 Å². The summed E-state index contributed by atoms with van der Waals surface area (Å²) in [6, 6.07) is 5.51. The number of furan rings is 1. The van der Waals surface area contributed by atoms with E-state index in [-0.39, 0.29) is 0 Å². The van der Waals surface area contributed by atoms with Crippen LogP contribution in [0.25, 0.3) is 28.0 Å². The second kappa shape index (κ2) is 5.38. The smallest absolute Gasteiger partial charge is 0.341 e. The van der Waals surface area contributed by atoms with Crippen LogP contribution in [0.1, 0.15) is 10.4 Å². The number of aryl methyl sites for hydroxylation is 1. The molecule has 0 aliphatic heterocycles. The van der Waals surface area contributed by atoms with Gasteiger partial charge < -0.3 is 9.15 Å². The monoisotopic (exact) mass is 322 g/mol. The van der Waals surface area contributed by atoms with E-state index in [2.05, 4.69) is 10.2 Å². The first-order chi connectivity index (χ1) is 11.7. The van der Waals surface area contributed by atoms with E-state index in [1.54, 1.807) is 27.7 Å². The Hall–Kier alpha value is -3.35. The average Bonchev–Trinajstić information content (AvgIpc) is 3.32. The summed E-state index contributed by atoms with van der Waals surface area (Å²) >= 11 is 0. The summed E-state index contributed by atoms with van der Waals surface area (Å²) in [5.74, 6) is 0.169. The molecule has 0 saturated carbocycles. The highest BCUT2D eigenvalue weighted by Gasteiger charge is 2.14. The van der Waals surface area contributed by atoms with Gasteiger partial charge in [-0.25, -0.2) is 9.31 Å². The normalized spacial score (nSPS) is 11.1. The number of pyridine rings is 1. The predicted molar refractivity (Wildman–Crippen MR) is 86.4 cm³/mol. The number of carbonyl (C=O) groups excluding carboxylic acids is 1. The van der Waals surface area contributed by atoms with Crippen LogP contribution in [-0.4, -0.2) is 32.5 Å². The molecule has 4 aromatic heterocycles. The van der Waals surface area contributed by atoms with Crippen LogP contribution in [-0.2, 0) is 11.8 Å². The molecule has 0 radical (unpaired) electrons. The van der Waals surface area contributed by atoms with E-state index in [1.807, 2.05) is 31.6 Å². The summed E-state index contributed by atoms with van der Waals surface area (Å²) in [5, 5.41) is 8.56. The number of rotatable bonds is 3. The number of methoxy groups -OCH3 is 1. The van der Waals surface area contributed by atoms with E-state index in [0.717, 1.165) is 22.2 Å². The molecule has 0 aromatic carbocycles. The molecule has 4 aromatic rings. The summed E-state index contributed by atoms with van der Waals surface area (Å²) in [4.78, 5) is 11.6. The third-order valence-corrected chi connectivity index (χ3v) is 3.84. The van der Waals surface area contributed by atoms with Crippen LogP contribution >= 0.6 is 0 Å². The van der Waals surface area contributed by atoms with E-state index < -0.39 is 5.97 Å². The predicted octanol–water partition coefficient (Wildman–Crippen LogP) is 2.78. The molecule has 0 fully saturated rings. The summed E-state index contributed by atoms with van der Waals surface area (Å²) in [6.45, 7) is 0. The molecule has 0 aliphatic carbocycles. The second-order valence-corrected chi connectivity index (χ2v) is 5.40. The fourth-order valence-corrected chi connectivity index (χ4v) is 2.63. The number of hydrogen-bond acceptors (Lipinski definition) is 5. The minimum absolute atomic E-state index is 0.383. The Labute approximate surface area is 137 Å². The van der Waals surface area contributed by atoms with Gasteiger partial charge in [-0.1, -0.05) is 0 Å². The number of ether oxygens (including phenoxy) is 1. The summed E-state index contributed by atoms with van der Waals surface area (Å²) < 4.78 is 13.7. The van der Waals surface area contributed by atoms with Gasteiger partial charge in [0.2, 0.25) is 0 Å². The Balaban J connectivity index is 1.80. The van der Waals surface area contributed by atoms with Crippen LogP contribution in [0.4, 0.5) is 0 Å². The molecule has 0 saturated heterocycles. The van der Waals surface area contributed by atoms with E-state index in [9.17, 15) is 4.79 Å². The van der Waals surface area contributed by atoms with Crippen molar-refractivity contribution in [2.45, 2.75) is 0 Å². The lowest BCUT2D eigenvalue weighted by molar-refractivity contribution is 0.0600. The van der Waals surface area contributed by atoms with Crippen molar-refractivity contribution in [2.24, 2.45) is 7.05 Å². The maximum absolute atomic E-state index is 11.6. The van der Waals surface area contributed by atoms with Gasteiger partial charge in [-0.3, -0.25) is 4.68 Å². The van der Waals surface area contributed by atoms with E-state index >= 15 is 0 Å². The molecule has 7 heteroatoms. The van der Waals surface area contributed by atoms with Crippen molar-refractivity contribution in [1.82, 2.24) is 19.4 Å². The highest BCUT2D eigenvalue weighted by atomic mass is 16.5. The summed E-state index contributed by atoms with van der Waals surface area (Å²) in [6.07, 6.45) is 8.78.